The van der Waals surface area contributed by atoms with E-state index in [4.69, 9.17) is 19.9 Å². The van der Waals surface area contributed by atoms with E-state index < -0.39 is 0 Å². The van der Waals surface area contributed by atoms with Crippen LogP contribution in [0.1, 0.15) is 0 Å². The smallest absolute Gasteiger partial charge is 0.160 e. The zero-order valence-electron chi connectivity index (χ0n) is 74.1. The highest BCUT2D eigenvalue weighted by atomic mass is 15.0. The molecule has 0 atom stereocenters. The third-order valence-electron chi connectivity index (χ3n) is 26.7. The molecule has 0 fully saturated rings. The zero-order valence-corrected chi connectivity index (χ0v) is 74.1. The van der Waals surface area contributed by atoms with Crippen molar-refractivity contribution in [2.75, 3.05) is 0 Å². The van der Waals surface area contributed by atoms with Gasteiger partial charge in [0.2, 0.25) is 0 Å². The minimum absolute atomic E-state index is 0.691. The normalized spacial score (nSPS) is 11.5. The maximum Gasteiger partial charge on any atom is 0.160 e. The summed E-state index contributed by atoms with van der Waals surface area (Å²) >= 11 is 0. The lowest BCUT2D eigenvalue weighted by Gasteiger charge is -2.12. The van der Waals surface area contributed by atoms with Gasteiger partial charge in [-0.3, -0.25) is 0 Å². The summed E-state index contributed by atoms with van der Waals surface area (Å²) in [5.74, 6) is 1.40. The number of hydrogen-bond acceptors (Lipinski definition) is 4. The molecule has 136 heavy (non-hydrogen) atoms. The second kappa shape index (κ2) is 34.2. The summed E-state index contributed by atoms with van der Waals surface area (Å²) in [5.41, 5.74) is 37.8. The SMILES string of the molecule is c1ccc(-c2ccc3c(c2)c2cc(-c4ccc5c(c4)c4cc(-c6ccccc6)ccc4n5-c4ccc(-c5cc(-c6ccccc6)nc(-c6ccccc6)n5)cc4)ccc2n3-c2ccccc2)cc1.c1ccc(-c2ccc3c(c2)c2cc(-c4ccc5c(c4)c4cc(-c6ccccc6)ccc4n5-c4ccc(-c5nc(-c6ccccc6)cc(-c6ccccc6)n5)cc4)ccc2n3-c2ccccc2)cc1. The van der Waals surface area contributed by atoms with Crippen LogP contribution in [-0.2, 0) is 0 Å². The second-order valence-corrected chi connectivity index (χ2v) is 34.8. The molecule has 6 heterocycles. The molecule has 26 rings (SSSR count). The molecule has 0 amide bonds. The van der Waals surface area contributed by atoms with Gasteiger partial charge in [-0.2, -0.15) is 0 Å². The van der Waals surface area contributed by atoms with Crippen molar-refractivity contribution in [3.8, 4) is 157 Å². The van der Waals surface area contributed by atoms with Gasteiger partial charge in [0.05, 0.1) is 66.9 Å². The molecule has 6 aromatic heterocycles. The van der Waals surface area contributed by atoms with Gasteiger partial charge in [-0.1, -0.05) is 340 Å². The molecule has 0 spiro atoms. The summed E-state index contributed by atoms with van der Waals surface area (Å²) in [6.07, 6.45) is 0. The Bertz CT molecular complexity index is 8350. The maximum absolute atomic E-state index is 5.12. The van der Waals surface area contributed by atoms with E-state index >= 15 is 0 Å². The number of fused-ring (bicyclic) bond motifs is 12. The summed E-state index contributed by atoms with van der Waals surface area (Å²) < 4.78 is 9.58. The van der Waals surface area contributed by atoms with Gasteiger partial charge in [-0.05, 0) is 237 Å². The van der Waals surface area contributed by atoms with E-state index in [1.807, 2.05) is 36.4 Å². The Balaban J connectivity index is 0.000000145. The average molecular weight is 1730 g/mol. The van der Waals surface area contributed by atoms with Crippen LogP contribution in [0, 0.1) is 0 Å². The fourth-order valence-corrected chi connectivity index (χ4v) is 20.0. The molecule has 0 saturated heterocycles. The first-order valence-electron chi connectivity index (χ1n) is 46.3. The van der Waals surface area contributed by atoms with Crippen LogP contribution in [0.5, 0.6) is 0 Å². The molecule has 0 radical (unpaired) electrons. The Morgan fingerprint density at radius 3 is 0.471 bits per heavy atom. The van der Waals surface area contributed by atoms with E-state index in [1.165, 1.54) is 132 Å². The first kappa shape index (κ1) is 79.9. The van der Waals surface area contributed by atoms with Crippen molar-refractivity contribution in [3.05, 3.63) is 510 Å². The minimum Gasteiger partial charge on any atom is -0.309 e. The zero-order chi connectivity index (χ0) is 89.9. The third-order valence-corrected chi connectivity index (χ3v) is 26.7. The van der Waals surface area contributed by atoms with Crippen molar-refractivity contribution >= 4 is 87.2 Å². The van der Waals surface area contributed by atoms with E-state index in [9.17, 15) is 0 Å². The maximum atomic E-state index is 5.12. The van der Waals surface area contributed by atoms with Gasteiger partial charge in [0.1, 0.15) is 0 Å². The van der Waals surface area contributed by atoms with Crippen molar-refractivity contribution in [3.63, 3.8) is 0 Å². The van der Waals surface area contributed by atoms with Crippen LogP contribution in [-0.4, -0.2) is 38.2 Å². The van der Waals surface area contributed by atoms with E-state index in [2.05, 4.69) is 491 Å². The van der Waals surface area contributed by atoms with Crippen LogP contribution in [0.4, 0.5) is 0 Å². The summed E-state index contributed by atoms with van der Waals surface area (Å²) in [7, 11) is 0. The van der Waals surface area contributed by atoms with Gasteiger partial charge in [0.15, 0.2) is 11.6 Å². The van der Waals surface area contributed by atoms with E-state index in [0.717, 1.165) is 101 Å². The highest BCUT2D eigenvalue weighted by molar-refractivity contribution is 6.17. The van der Waals surface area contributed by atoms with Crippen LogP contribution in [0.2, 0.25) is 0 Å². The largest absolute Gasteiger partial charge is 0.309 e. The fraction of sp³-hybridized carbons (Fsp3) is 0. The topological polar surface area (TPSA) is 71.3 Å². The molecule has 0 unspecified atom stereocenters. The molecule has 0 aliphatic rings. The lowest BCUT2D eigenvalue weighted by molar-refractivity contribution is 1.16. The van der Waals surface area contributed by atoms with Crippen molar-refractivity contribution in [2.24, 2.45) is 0 Å². The van der Waals surface area contributed by atoms with Crippen molar-refractivity contribution < 1.29 is 0 Å². The average Bonchev–Trinajstić information content (AvgIpc) is 1.59. The van der Waals surface area contributed by atoms with Gasteiger partial charge in [0.25, 0.3) is 0 Å². The molecular weight excluding hydrogens is 1650 g/mol. The molecule has 8 nitrogen and oxygen atoms in total. The molecule has 0 aliphatic carbocycles. The Hall–Kier alpha value is -18.2. The molecule has 0 N–H and O–H groups in total. The molecule has 8 heteroatoms. The Morgan fingerprint density at radius 1 is 0.110 bits per heavy atom. The number of rotatable bonds is 16. The van der Waals surface area contributed by atoms with Gasteiger partial charge < -0.3 is 18.3 Å². The highest BCUT2D eigenvalue weighted by Crippen LogP contribution is 2.46. The van der Waals surface area contributed by atoms with Gasteiger partial charge in [0, 0.05) is 99.2 Å². The van der Waals surface area contributed by atoms with Crippen molar-refractivity contribution in [1.82, 2.24) is 38.2 Å². The molecule has 0 saturated carbocycles. The predicted octanol–water partition coefficient (Wildman–Crippen LogP) is 33.3. The van der Waals surface area contributed by atoms with Crippen LogP contribution >= 0.6 is 0 Å². The first-order valence-corrected chi connectivity index (χ1v) is 46.3. The molecule has 20 aromatic carbocycles. The highest BCUT2D eigenvalue weighted by Gasteiger charge is 2.24. The number of aromatic nitrogens is 8. The lowest BCUT2D eigenvalue weighted by atomic mass is 9.98. The minimum atomic E-state index is 0.691. The number of hydrogen-bond donors (Lipinski definition) is 0. The molecular formula is C128H84N8. The van der Waals surface area contributed by atoms with Gasteiger partial charge in [-0.15, -0.1) is 0 Å². The van der Waals surface area contributed by atoms with Crippen LogP contribution < -0.4 is 0 Å². The predicted molar refractivity (Wildman–Crippen MR) is 567 cm³/mol. The monoisotopic (exact) mass is 1730 g/mol. The van der Waals surface area contributed by atoms with E-state index in [0.29, 0.717) is 11.6 Å². The molecule has 636 valence electrons. The van der Waals surface area contributed by atoms with Gasteiger partial charge in [-0.25, -0.2) is 19.9 Å². The van der Waals surface area contributed by atoms with E-state index in [-0.39, 0.29) is 0 Å². The van der Waals surface area contributed by atoms with Crippen LogP contribution in [0.25, 0.3) is 245 Å². The second-order valence-electron chi connectivity index (χ2n) is 34.8. The fourth-order valence-electron chi connectivity index (χ4n) is 20.0. The standard InChI is InChI=1S/2C64H42N4/c1-6-16-43(17-7-1)48-28-34-60-54(38-48)56-40-50(30-36-61(56)67(60)52-24-14-5-15-25-52)51-31-37-63-57(41-51)55-39-49(44-18-8-2-9-19-44)29-35-62(55)68(63)53-32-26-46(27-33-53)59-42-58(45-20-10-3-11-21-45)65-64(66-59)47-22-12-4-13-23-47;1-6-16-43(17-7-1)48-28-34-60-54(38-48)56-40-50(30-36-61(56)67(60)52-24-14-5-15-25-52)51-31-37-63-57(41-51)55-39-49(44-18-8-2-9-19-44)29-35-62(55)68(63)53-32-26-47(27-33-53)64-65-58(45-20-10-3-11-21-45)42-59(66-64)46-22-12-4-13-23-46/h2*1-42H. The summed E-state index contributed by atoms with van der Waals surface area (Å²) in [5, 5.41) is 9.72. The Morgan fingerprint density at radius 2 is 0.257 bits per heavy atom. The van der Waals surface area contributed by atoms with Crippen LogP contribution in [0.15, 0.2) is 510 Å². The van der Waals surface area contributed by atoms with Gasteiger partial charge >= 0.3 is 0 Å². The van der Waals surface area contributed by atoms with Crippen molar-refractivity contribution in [1.29, 1.82) is 0 Å². The van der Waals surface area contributed by atoms with E-state index in [1.54, 1.807) is 0 Å². The van der Waals surface area contributed by atoms with Crippen molar-refractivity contribution in [2.45, 2.75) is 0 Å². The Labute approximate surface area is 786 Å². The summed E-state index contributed by atoms with van der Waals surface area (Å²) in [4.78, 5) is 20.4. The summed E-state index contributed by atoms with van der Waals surface area (Å²) in [6.45, 7) is 0. The summed E-state index contributed by atoms with van der Waals surface area (Å²) in [6, 6.07) is 182. The number of nitrogens with zero attached hydrogens (tertiary/aromatic N) is 8. The molecule has 0 bridgehead atoms. The quantitative estimate of drug-likeness (QED) is 0.0966. The third kappa shape index (κ3) is 14.7. The molecule has 26 aromatic rings. The Kier molecular flexibility index (Phi) is 20.1. The number of benzene rings is 20. The first-order chi connectivity index (χ1) is 67.4. The molecule has 0 aliphatic heterocycles. The lowest BCUT2D eigenvalue weighted by Crippen LogP contribution is -1.97. The van der Waals surface area contributed by atoms with Crippen LogP contribution in [0.3, 0.4) is 0 Å². The number of para-hydroxylation sites is 2.